The lowest BCUT2D eigenvalue weighted by Crippen LogP contribution is -2.46. The second-order valence-electron chi connectivity index (χ2n) is 6.65. The Bertz CT molecular complexity index is 898. The molecule has 7 nitrogen and oxygen atoms in total. The molecular formula is C19H18ClN3O4. The first-order chi connectivity index (χ1) is 13.0. The van der Waals surface area contributed by atoms with Crippen molar-refractivity contribution in [3.8, 4) is 0 Å². The molecule has 2 heterocycles. The quantitative estimate of drug-likeness (QED) is 0.633. The summed E-state index contributed by atoms with van der Waals surface area (Å²) in [5.74, 6) is -0.146. The van der Waals surface area contributed by atoms with Crippen molar-refractivity contribution < 1.29 is 14.5 Å². The van der Waals surface area contributed by atoms with E-state index in [9.17, 15) is 14.9 Å². The Labute approximate surface area is 161 Å². The van der Waals surface area contributed by atoms with Crippen LogP contribution in [-0.4, -0.2) is 35.0 Å². The summed E-state index contributed by atoms with van der Waals surface area (Å²) in [6.07, 6.45) is 1.17. The molecule has 27 heavy (non-hydrogen) atoms. The molecule has 2 atom stereocenters. The van der Waals surface area contributed by atoms with Crippen LogP contribution in [-0.2, 0) is 4.74 Å². The number of amides is 1. The number of carbonyl (C=O) groups excluding carboxylic acids is 1. The van der Waals surface area contributed by atoms with E-state index in [0.29, 0.717) is 35.0 Å². The van der Waals surface area contributed by atoms with Crippen molar-refractivity contribution in [2.45, 2.75) is 25.1 Å². The SMILES string of the molecule is O=C1c2ccccc2N[C@H](c2cc([N+](=O)[O-])ccc2Cl)N1C[C@@H]1CCCO1. The van der Waals surface area contributed by atoms with Crippen molar-refractivity contribution in [2.24, 2.45) is 0 Å². The maximum atomic E-state index is 13.2. The number of benzene rings is 2. The number of hydrogen-bond donors (Lipinski definition) is 1. The number of nitrogens with zero attached hydrogens (tertiary/aromatic N) is 2. The highest BCUT2D eigenvalue weighted by Gasteiger charge is 2.36. The van der Waals surface area contributed by atoms with E-state index in [4.69, 9.17) is 16.3 Å². The number of fused-ring (bicyclic) bond motifs is 1. The van der Waals surface area contributed by atoms with Gasteiger partial charge < -0.3 is 15.0 Å². The number of anilines is 1. The van der Waals surface area contributed by atoms with Gasteiger partial charge in [-0.05, 0) is 31.0 Å². The number of nitro groups is 1. The molecule has 2 aliphatic rings. The molecular weight excluding hydrogens is 370 g/mol. The molecule has 0 aliphatic carbocycles. The third-order valence-electron chi connectivity index (χ3n) is 4.93. The molecule has 0 bridgehead atoms. The number of nitro benzene ring substituents is 1. The highest BCUT2D eigenvalue weighted by Crippen LogP contribution is 2.37. The number of rotatable bonds is 4. The van der Waals surface area contributed by atoms with Gasteiger partial charge in [0.15, 0.2) is 0 Å². The highest BCUT2D eigenvalue weighted by molar-refractivity contribution is 6.31. The van der Waals surface area contributed by atoms with Crippen LogP contribution in [0.3, 0.4) is 0 Å². The van der Waals surface area contributed by atoms with Crippen LogP contribution in [0.1, 0.15) is 34.9 Å². The Morgan fingerprint density at radius 1 is 1.30 bits per heavy atom. The van der Waals surface area contributed by atoms with E-state index < -0.39 is 11.1 Å². The van der Waals surface area contributed by atoms with Crippen LogP contribution in [0.4, 0.5) is 11.4 Å². The summed E-state index contributed by atoms with van der Waals surface area (Å²) in [6.45, 7) is 1.07. The van der Waals surface area contributed by atoms with E-state index in [2.05, 4.69) is 5.32 Å². The van der Waals surface area contributed by atoms with Gasteiger partial charge in [0.1, 0.15) is 6.17 Å². The van der Waals surface area contributed by atoms with E-state index in [-0.39, 0.29) is 17.7 Å². The Morgan fingerprint density at radius 3 is 2.85 bits per heavy atom. The molecule has 140 valence electrons. The minimum Gasteiger partial charge on any atom is -0.376 e. The zero-order valence-electron chi connectivity index (χ0n) is 14.4. The molecule has 1 amide bonds. The highest BCUT2D eigenvalue weighted by atomic mass is 35.5. The number of non-ortho nitro benzene ring substituents is 1. The number of para-hydroxylation sites is 1. The molecule has 0 radical (unpaired) electrons. The predicted octanol–water partition coefficient (Wildman–Crippen LogP) is 3.99. The van der Waals surface area contributed by atoms with Gasteiger partial charge in [-0.25, -0.2) is 0 Å². The van der Waals surface area contributed by atoms with Crippen LogP contribution in [0, 0.1) is 10.1 Å². The first-order valence-electron chi connectivity index (χ1n) is 8.76. The summed E-state index contributed by atoms with van der Waals surface area (Å²) < 4.78 is 5.71. The third-order valence-corrected chi connectivity index (χ3v) is 5.28. The monoisotopic (exact) mass is 387 g/mol. The zero-order chi connectivity index (χ0) is 19.0. The summed E-state index contributed by atoms with van der Waals surface area (Å²) in [5.41, 5.74) is 1.67. The van der Waals surface area contributed by atoms with Gasteiger partial charge in [-0.15, -0.1) is 0 Å². The lowest BCUT2D eigenvalue weighted by molar-refractivity contribution is -0.384. The average molecular weight is 388 g/mol. The van der Waals surface area contributed by atoms with Crippen LogP contribution in [0.15, 0.2) is 42.5 Å². The van der Waals surface area contributed by atoms with Crippen LogP contribution in [0.25, 0.3) is 0 Å². The number of ether oxygens (including phenoxy) is 1. The normalized spacial score (nSPS) is 21.7. The minimum absolute atomic E-state index is 0.0546. The van der Waals surface area contributed by atoms with Crippen LogP contribution in [0.5, 0.6) is 0 Å². The maximum absolute atomic E-state index is 13.2. The summed E-state index contributed by atoms with van der Waals surface area (Å²) in [4.78, 5) is 25.6. The second kappa shape index (κ2) is 7.17. The Balaban J connectivity index is 1.77. The van der Waals surface area contributed by atoms with Gasteiger partial charge in [-0.3, -0.25) is 14.9 Å². The molecule has 2 aromatic rings. The van der Waals surface area contributed by atoms with Crippen LogP contribution >= 0.6 is 11.6 Å². The molecule has 2 aromatic carbocycles. The molecule has 2 aliphatic heterocycles. The van der Waals surface area contributed by atoms with Crippen molar-refractivity contribution in [2.75, 3.05) is 18.5 Å². The zero-order valence-corrected chi connectivity index (χ0v) is 15.2. The largest absolute Gasteiger partial charge is 0.376 e. The molecule has 1 N–H and O–H groups in total. The van der Waals surface area contributed by atoms with Gasteiger partial charge in [0.05, 0.1) is 16.6 Å². The van der Waals surface area contributed by atoms with E-state index in [0.717, 1.165) is 12.8 Å². The van der Waals surface area contributed by atoms with Gasteiger partial charge in [0.25, 0.3) is 11.6 Å². The first kappa shape index (κ1) is 17.8. The predicted molar refractivity (Wildman–Crippen MR) is 101 cm³/mol. The van der Waals surface area contributed by atoms with E-state index in [1.54, 1.807) is 11.0 Å². The fourth-order valence-corrected chi connectivity index (χ4v) is 3.81. The molecule has 0 spiro atoms. The van der Waals surface area contributed by atoms with Crippen molar-refractivity contribution >= 4 is 28.9 Å². The molecule has 8 heteroatoms. The van der Waals surface area contributed by atoms with Gasteiger partial charge >= 0.3 is 0 Å². The van der Waals surface area contributed by atoms with E-state index >= 15 is 0 Å². The summed E-state index contributed by atoms with van der Waals surface area (Å²) in [5, 5.41) is 14.9. The molecule has 0 saturated carbocycles. The lowest BCUT2D eigenvalue weighted by Gasteiger charge is -2.39. The van der Waals surface area contributed by atoms with Gasteiger partial charge in [0.2, 0.25) is 0 Å². The molecule has 1 saturated heterocycles. The topological polar surface area (TPSA) is 84.7 Å². The Morgan fingerprint density at radius 2 is 2.11 bits per heavy atom. The van der Waals surface area contributed by atoms with Gasteiger partial charge in [-0.1, -0.05) is 23.7 Å². The fraction of sp³-hybridized carbons (Fsp3) is 0.316. The maximum Gasteiger partial charge on any atom is 0.269 e. The van der Waals surface area contributed by atoms with Crippen molar-refractivity contribution in [3.63, 3.8) is 0 Å². The standard InChI is InChI=1S/C19H18ClN3O4/c20-16-8-7-12(23(25)26)10-15(16)18-21-17-6-2-1-5-14(17)19(24)22(18)11-13-4-3-9-27-13/h1-2,5-8,10,13,18,21H,3-4,9,11H2/t13-,18-/m0/s1. The minimum atomic E-state index is -0.607. The van der Waals surface area contributed by atoms with Crippen molar-refractivity contribution in [1.29, 1.82) is 0 Å². The molecule has 4 rings (SSSR count). The van der Waals surface area contributed by atoms with Gasteiger partial charge in [0, 0.05) is 41.6 Å². The number of hydrogen-bond acceptors (Lipinski definition) is 5. The number of halogens is 1. The van der Waals surface area contributed by atoms with Crippen molar-refractivity contribution in [1.82, 2.24) is 4.90 Å². The Hall–Kier alpha value is -2.64. The summed E-state index contributed by atoms with van der Waals surface area (Å²) in [6, 6.07) is 11.5. The van der Waals surface area contributed by atoms with Crippen molar-refractivity contribution in [3.05, 3.63) is 68.7 Å². The summed E-state index contributed by atoms with van der Waals surface area (Å²) in [7, 11) is 0. The van der Waals surface area contributed by atoms with Gasteiger partial charge in [-0.2, -0.15) is 0 Å². The number of carbonyl (C=O) groups is 1. The van der Waals surface area contributed by atoms with E-state index in [1.807, 2.05) is 18.2 Å². The Kier molecular flexibility index (Phi) is 4.72. The molecule has 0 unspecified atom stereocenters. The van der Waals surface area contributed by atoms with Crippen LogP contribution in [0.2, 0.25) is 5.02 Å². The molecule has 1 fully saturated rings. The van der Waals surface area contributed by atoms with E-state index in [1.165, 1.54) is 18.2 Å². The summed E-state index contributed by atoms with van der Waals surface area (Å²) >= 11 is 6.36. The van der Waals surface area contributed by atoms with Crippen LogP contribution < -0.4 is 5.32 Å². The average Bonchev–Trinajstić information content (AvgIpc) is 3.17. The fourth-order valence-electron chi connectivity index (χ4n) is 3.59. The third kappa shape index (κ3) is 3.36. The number of nitrogens with one attached hydrogen (secondary N) is 1. The molecule has 0 aromatic heterocycles. The second-order valence-corrected chi connectivity index (χ2v) is 7.06. The first-order valence-corrected chi connectivity index (χ1v) is 9.14. The lowest BCUT2D eigenvalue weighted by atomic mass is 10.0. The smallest absolute Gasteiger partial charge is 0.269 e.